The van der Waals surface area contributed by atoms with E-state index >= 15 is 0 Å². The number of benzene rings is 1. The van der Waals surface area contributed by atoms with Crippen molar-refractivity contribution in [1.82, 2.24) is 19.6 Å². The maximum atomic E-state index is 12.0. The van der Waals surface area contributed by atoms with Crippen LogP contribution in [0, 0.1) is 0 Å². The van der Waals surface area contributed by atoms with E-state index in [-0.39, 0.29) is 18.1 Å². The molecule has 0 aliphatic rings. The summed E-state index contributed by atoms with van der Waals surface area (Å²) in [5.74, 6) is 0.324. The molecule has 27 heavy (non-hydrogen) atoms. The van der Waals surface area contributed by atoms with Gasteiger partial charge in [0.15, 0.2) is 0 Å². The second-order valence-electron chi connectivity index (χ2n) is 6.28. The first-order chi connectivity index (χ1) is 12.9. The van der Waals surface area contributed by atoms with Crippen molar-refractivity contribution in [3.05, 3.63) is 60.6 Å². The van der Waals surface area contributed by atoms with Crippen LogP contribution in [-0.4, -0.2) is 45.9 Å². The molecule has 3 aromatic rings. The molecule has 0 aliphatic heterocycles. The van der Waals surface area contributed by atoms with Crippen LogP contribution in [0.4, 0.5) is 5.82 Å². The highest BCUT2D eigenvalue weighted by atomic mass is 32.2. The fourth-order valence-corrected chi connectivity index (χ4v) is 3.27. The van der Waals surface area contributed by atoms with E-state index in [0.29, 0.717) is 18.8 Å². The van der Waals surface area contributed by atoms with Gasteiger partial charge < -0.3 is 5.32 Å². The van der Waals surface area contributed by atoms with E-state index in [1.165, 1.54) is 0 Å². The Kier molecular flexibility index (Phi) is 5.70. The highest BCUT2D eigenvalue weighted by molar-refractivity contribution is 7.90. The molecule has 0 atom stereocenters. The van der Waals surface area contributed by atoms with Crippen molar-refractivity contribution in [2.45, 2.75) is 19.4 Å². The number of carbonyl (C=O) groups excluding carboxylic acids is 1. The zero-order valence-corrected chi connectivity index (χ0v) is 15.8. The Morgan fingerprint density at radius 2 is 1.93 bits per heavy atom. The predicted octanol–water partition coefficient (Wildman–Crippen LogP) is 1.88. The van der Waals surface area contributed by atoms with Crippen LogP contribution in [0.25, 0.3) is 5.69 Å². The molecule has 1 amide bonds. The van der Waals surface area contributed by atoms with Crippen molar-refractivity contribution in [1.29, 1.82) is 0 Å². The first kappa shape index (κ1) is 18.8. The monoisotopic (exact) mass is 387 g/mol. The lowest BCUT2D eigenvalue weighted by atomic mass is 10.3. The van der Waals surface area contributed by atoms with Gasteiger partial charge in [-0.25, -0.2) is 17.8 Å². The Balaban J connectivity index is 1.61. The molecular weight excluding hydrogens is 366 g/mol. The van der Waals surface area contributed by atoms with E-state index in [1.54, 1.807) is 27.8 Å². The average molecular weight is 387 g/mol. The highest BCUT2D eigenvalue weighted by Crippen LogP contribution is 2.13. The van der Waals surface area contributed by atoms with E-state index in [1.807, 2.05) is 36.5 Å². The molecule has 2 heterocycles. The van der Waals surface area contributed by atoms with Gasteiger partial charge in [0.25, 0.3) is 0 Å². The molecule has 142 valence electrons. The van der Waals surface area contributed by atoms with Crippen molar-refractivity contribution in [3.8, 4) is 5.69 Å². The minimum absolute atomic E-state index is 0.00163. The Labute approximate surface area is 157 Å². The van der Waals surface area contributed by atoms with Gasteiger partial charge in [-0.3, -0.25) is 4.79 Å². The highest BCUT2D eigenvalue weighted by Gasteiger charge is 2.10. The lowest BCUT2D eigenvalue weighted by Crippen LogP contribution is -2.17. The van der Waals surface area contributed by atoms with E-state index in [0.717, 1.165) is 17.5 Å². The first-order valence-electron chi connectivity index (χ1n) is 8.49. The molecular formula is C18H21N5O3S. The van der Waals surface area contributed by atoms with Gasteiger partial charge in [-0.1, -0.05) is 18.2 Å². The van der Waals surface area contributed by atoms with Gasteiger partial charge in [-0.2, -0.15) is 10.2 Å². The maximum absolute atomic E-state index is 12.0. The largest absolute Gasteiger partial charge is 0.311 e. The van der Waals surface area contributed by atoms with Crippen molar-refractivity contribution >= 4 is 21.6 Å². The van der Waals surface area contributed by atoms with Gasteiger partial charge in [0.2, 0.25) is 5.91 Å². The molecule has 9 heteroatoms. The number of sulfone groups is 1. The normalized spacial score (nSPS) is 11.4. The fourth-order valence-electron chi connectivity index (χ4n) is 2.60. The number of carbonyl (C=O) groups is 1. The van der Waals surface area contributed by atoms with Crippen LogP contribution in [0.15, 0.2) is 55.0 Å². The third-order valence-corrected chi connectivity index (χ3v) is 4.92. The number of hydrogen-bond acceptors (Lipinski definition) is 5. The van der Waals surface area contributed by atoms with E-state index in [9.17, 15) is 13.2 Å². The summed E-state index contributed by atoms with van der Waals surface area (Å²) in [5, 5.41) is 11.4. The zero-order valence-electron chi connectivity index (χ0n) is 14.9. The lowest BCUT2D eigenvalue weighted by Gasteiger charge is -2.08. The summed E-state index contributed by atoms with van der Waals surface area (Å²) in [6, 6.07) is 11.5. The third kappa shape index (κ3) is 5.52. The average Bonchev–Trinajstić information content (AvgIpc) is 3.25. The summed E-state index contributed by atoms with van der Waals surface area (Å²) in [6.45, 7) is 0.457. The van der Waals surface area contributed by atoms with Crippen molar-refractivity contribution < 1.29 is 13.2 Å². The van der Waals surface area contributed by atoms with Crippen molar-refractivity contribution in [2.24, 2.45) is 0 Å². The lowest BCUT2D eigenvalue weighted by molar-refractivity contribution is -0.116. The molecule has 0 spiro atoms. The molecule has 1 aromatic carbocycles. The van der Waals surface area contributed by atoms with Crippen LogP contribution in [0.1, 0.15) is 18.4 Å². The number of para-hydroxylation sites is 1. The number of nitrogens with one attached hydrogen (secondary N) is 1. The number of anilines is 1. The van der Waals surface area contributed by atoms with Crippen LogP contribution >= 0.6 is 0 Å². The molecule has 8 nitrogen and oxygen atoms in total. The molecule has 2 aromatic heterocycles. The van der Waals surface area contributed by atoms with Crippen LogP contribution < -0.4 is 5.32 Å². The van der Waals surface area contributed by atoms with Gasteiger partial charge in [0.1, 0.15) is 15.7 Å². The summed E-state index contributed by atoms with van der Waals surface area (Å²) < 4.78 is 25.7. The smallest absolute Gasteiger partial charge is 0.225 e. The van der Waals surface area contributed by atoms with Gasteiger partial charge >= 0.3 is 0 Å². The molecule has 0 fully saturated rings. The van der Waals surface area contributed by atoms with Crippen LogP contribution in [0.3, 0.4) is 0 Å². The van der Waals surface area contributed by atoms with Gasteiger partial charge in [0, 0.05) is 30.5 Å². The van der Waals surface area contributed by atoms with E-state index < -0.39 is 9.84 Å². The van der Waals surface area contributed by atoms with Gasteiger partial charge in [0.05, 0.1) is 30.4 Å². The second kappa shape index (κ2) is 8.17. The quantitative estimate of drug-likeness (QED) is 0.636. The van der Waals surface area contributed by atoms with Crippen LogP contribution in [0.2, 0.25) is 0 Å². The van der Waals surface area contributed by atoms with Crippen LogP contribution in [-0.2, 0) is 21.2 Å². The fraction of sp³-hybridized carbons (Fsp3) is 0.278. The number of nitrogens with zero attached hydrogens (tertiary/aromatic N) is 4. The molecule has 0 saturated heterocycles. The third-order valence-electron chi connectivity index (χ3n) is 3.89. The Morgan fingerprint density at radius 1 is 1.15 bits per heavy atom. The van der Waals surface area contributed by atoms with Gasteiger partial charge in [-0.05, 0) is 18.6 Å². The number of amides is 1. The molecule has 0 saturated carbocycles. The second-order valence-corrected chi connectivity index (χ2v) is 8.54. The Hall–Kier alpha value is -2.94. The summed E-state index contributed by atoms with van der Waals surface area (Å²) in [4.78, 5) is 12.0. The minimum atomic E-state index is -3.06. The standard InChI is InChI=1S/C18H21N5O3S/c1-27(25,26)11-5-8-18(24)21-17-9-10-19-23(17)14-15-12-20-22(13-15)16-6-3-2-4-7-16/h2-4,6-7,9-10,12-13H,5,8,11,14H2,1H3,(H,21,24). The first-order valence-corrected chi connectivity index (χ1v) is 10.6. The summed E-state index contributed by atoms with van der Waals surface area (Å²) in [5.41, 5.74) is 1.90. The molecule has 3 rings (SSSR count). The summed E-state index contributed by atoms with van der Waals surface area (Å²) >= 11 is 0. The van der Waals surface area contributed by atoms with Crippen molar-refractivity contribution in [3.63, 3.8) is 0 Å². The Bertz CT molecular complexity index is 1010. The summed E-state index contributed by atoms with van der Waals surface area (Å²) in [6.07, 6.45) is 6.87. The SMILES string of the molecule is CS(=O)(=O)CCCC(=O)Nc1ccnn1Cc1cnn(-c2ccccc2)c1. The number of aromatic nitrogens is 4. The number of rotatable bonds is 8. The predicted molar refractivity (Wildman–Crippen MR) is 102 cm³/mol. The topological polar surface area (TPSA) is 98.9 Å². The van der Waals surface area contributed by atoms with E-state index in [4.69, 9.17) is 0 Å². The minimum Gasteiger partial charge on any atom is -0.311 e. The number of hydrogen-bond donors (Lipinski definition) is 1. The Morgan fingerprint density at radius 3 is 2.67 bits per heavy atom. The molecule has 0 radical (unpaired) electrons. The summed E-state index contributed by atoms with van der Waals surface area (Å²) in [7, 11) is -3.06. The molecule has 0 aliphatic carbocycles. The molecule has 1 N–H and O–H groups in total. The van der Waals surface area contributed by atoms with E-state index in [2.05, 4.69) is 15.5 Å². The zero-order chi connectivity index (χ0) is 19.3. The maximum Gasteiger partial charge on any atom is 0.225 e. The van der Waals surface area contributed by atoms with Crippen LogP contribution in [0.5, 0.6) is 0 Å². The van der Waals surface area contributed by atoms with Gasteiger partial charge in [-0.15, -0.1) is 0 Å². The molecule has 0 unspecified atom stereocenters. The molecule has 0 bridgehead atoms. The van der Waals surface area contributed by atoms with Crippen molar-refractivity contribution in [2.75, 3.05) is 17.3 Å².